The van der Waals surface area contributed by atoms with Crippen molar-refractivity contribution in [2.75, 3.05) is 7.11 Å². The Morgan fingerprint density at radius 3 is 1.83 bits per heavy atom. The van der Waals surface area contributed by atoms with Gasteiger partial charge in [-0.15, -0.1) is 0 Å². The van der Waals surface area contributed by atoms with Crippen LogP contribution in [-0.4, -0.2) is 40.1 Å². The topological polar surface area (TPSA) is 90.5 Å². The predicted octanol–water partition coefficient (Wildman–Crippen LogP) is 4.97. The molecule has 0 saturated carbocycles. The molecule has 0 bridgehead atoms. The normalized spacial score (nSPS) is 14.3. The minimum Gasteiger partial charge on any atom is -0.496 e. The summed E-state index contributed by atoms with van der Waals surface area (Å²) in [4.78, 5) is 33.9. The van der Waals surface area contributed by atoms with E-state index in [4.69, 9.17) is 4.74 Å². The summed E-state index contributed by atoms with van der Waals surface area (Å²) in [5.41, 5.74) is 4.37. The van der Waals surface area contributed by atoms with Crippen molar-refractivity contribution in [3.05, 3.63) is 102 Å². The van der Waals surface area contributed by atoms with E-state index >= 15 is 0 Å². The first-order valence-corrected chi connectivity index (χ1v) is 11.1. The molecule has 35 heavy (non-hydrogen) atoms. The zero-order valence-electron chi connectivity index (χ0n) is 18.8. The van der Waals surface area contributed by atoms with Crippen LogP contribution in [0.25, 0.3) is 33.0 Å². The van der Waals surface area contributed by atoms with E-state index in [1.54, 1.807) is 25.6 Å². The Hall–Kier alpha value is -4.91. The number of imide groups is 1. The maximum atomic E-state index is 13.8. The van der Waals surface area contributed by atoms with Crippen LogP contribution < -0.4 is 4.74 Å². The van der Waals surface area contributed by atoms with E-state index < -0.39 is 11.8 Å². The van der Waals surface area contributed by atoms with Crippen molar-refractivity contribution >= 4 is 51.0 Å². The number of fused-ring (bicyclic) bond motifs is 2. The van der Waals surface area contributed by atoms with Gasteiger partial charge < -0.3 is 14.7 Å². The first-order valence-electron chi connectivity index (χ1n) is 11.1. The number of nitrogens with one attached hydrogen (secondary N) is 2. The zero-order chi connectivity index (χ0) is 23.9. The van der Waals surface area contributed by atoms with Crippen molar-refractivity contribution in [1.29, 1.82) is 0 Å². The summed E-state index contributed by atoms with van der Waals surface area (Å²) >= 11 is 0. The molecule has 2 amide bonds. The van der Waals surface area contributed by atoms with E-state index in [0.717, 1.165) is 26.8 Å². The first kappa shape index (κ1) is 20.7. The fourth-order valence-corrected chi connectivity index (χ4v) is 4.57. The molecule has 0 saturated heterocycles. The number of aromatic nitrogens is 2. The molecule has 2 aromatic heterocycles. The minimum atomic E-state index is -0.480. The lowest BCUT2D eigenvalue weighted by Gasteiger charge is -2.09. The Labute approximate surface area is 200 Å². The van der Waals surface area contributed by atoms with Crippen LogP contribution in [0.5, 0.6) is 5.75 Å². The van der Waals surface area contributed by atoms with E-state index in [2.05, 4.69) is 15.1 Å². The lowest BCUT2D eigenvalue weighted by atomic mass is 9.95. The number of aromatic amines is 2. The average molecular weight is 460 g/mol. The molecule has 2 N–H and O–H groups in total. The Balaban J connectivity index is 1.54. The van der Waals surface area contributed by atoms with Crippen LogP contribution in [-0.2, 0) is 9.59 Å². The molecule has 7 nitrogen and oxygen atoms in total. The number of rotatable bonds is 5. The maximum Gasteiger partial charge on any atom is 0.283 e. The molecule has 0 radical (unpaired) electrons. The third kappa shape index (κ3) is 3.25. The fraction of sp³-hybridized carbons (Fsp3) is 0.0357. The van der Waals surface area contributed by atoms with Crippen LogP contribution in [0.3, 0.4) is 0 Å². The van der Waals surface area contributed by atoms with Crippen molar-refractivity contribution in [3.8, 4) is 5.75 Å². The summed E-state index contributed by atoms with van der Waals surface area (Å²) in [5.74, 6) is -0.366. The highest BCUT2D eigenvalue weighted by Crippen LogP contribution is 2.40. The van der Waals surface area contributed by atoms with Gasteiger partial charge in [0.05, 0.1) is 24.5 Å². The lowest BCUT2D eigenvalue weighted by Crippen LogP contribution is -2.26. The fourth-order valence-electron chi connectivity index (χ4n) is 4.57. The Bertz CT molecular complexity index is 1590. The van der Waals surface area contributed by atoms with Gasteiger partial charge in [-0.25, -0.2) is 0 Å². The monoisotopic (exact) mass is 460 g/mol. The third-order valence-corrected chi connectivity index (χ3v) is 6.23. The number of hydrogen-bond acceptors (Lipinski definition) is 4. The molecule has 1 aliphatic heterocycles. The number of ether oxygens (including phenoxy) is 1. The second kappa shape index (κ2) is 8.14. The van der Waals surface area contributed by atoms with Gasteiger partial charge in [0.2, 0.25) is 0 Å². The summed E-state index contributed by atoms with van der Waals surface area (Å²) in [7, 11) is 1.56. The molecule has 0 fully saturated rings. The summed E-state index contributed by atoms with van der Waals surface area (Å²) in [5, 5.41) is 6.96. The van der Waals surface area contributed by atoms with Crippen LogP contribution in [0.4, 0.5) is 0 Å². The predicted molar refractivity (Wildman–Crippen MR) is 136 cm³/mol. The van der Waals surface area contributed by atoms with Crippen LogP contribution >= 0.6 is 0 Å². The molecule has 170 valence electrons. The van der Waals surface area contributed by atoms with Crippen molar-refractivity contribution in [2.24, 2.45) is 5.10 Å². The smallest absolute Gasteiger partial charge is 0.283 e. The lowest BCUT2D eigenvalue weighted by molar-refractivity contribution is -0.135. The molecule has 5 aromatic rings. The van der Waals surface area contributed by atoms with Gasteiger partial charge in [-0.05, 0) is 24.3 Å². The Kier molecular flexibility index (Phi) is 4.81. The van der Waals surface area contributed by atoms with Gasteiger partial charge in [-0.3, -0.25) is 9.59 Å². The molecule has 7 heteroatoms. The second-order valence-electron chi connectivity index (χ2n) is 8.15. The molecule has 0 spiro atoms. The summed E-state index contributed by atoms with van der Waals surface area (Å²) in [6.07, 6.45) is 5.01. The van der Waals surface area contributed by atoms with Crippen molar-refractivity contribution in [2.45, 2.75) is 0 Å². The average Bonchev–Trinajstić information content (AvgIpc) is 3.57. The quantitative estimate of drug-likeness (QED) is 0.287. The van der Waals surface area contributed by atoms with Gasteiger partial charge in [0.25, 0.3) is 11.8 Å². The highest BCUT2D eigenvalue weighted by atomic mass is 16.5. The number of hydrazone groups is 1. The van der Waals surface area contributed by atoms with Gasteiger partial charge in [0.15, 0.2) is 0 Å². The van der Waals surface area contributed by atoms with E-state index in [1.807, 2.05) is 66.7 Å². The molecule has 1 aliphatic rings. The van der Waals surface area contributed by atoms with Crippen molar-refractivity contribution in [3.63, 3.8) is 0 Å². The van der Waals surface area contributed by atoms with E-state index in [0.29, 0.717) is 33.6 Å². The molecular weight excluding hydrogens is 440 g/mol. The minimum absolute atomic E-state index is 0.314. The number of hydrogen-bond donors (Lipinski definition) is 2. The molecule has 6 rings (SSSR count). The number of nitrogens with zero attached hydrogens (tertiary/aromatic N) is 2. The highest BCUT2D eigenvalue weighted by Gasteiger charge is 2.41. The van der Waals surface area contributed by atoms with E-state index in [9.17, 15) is 9.59 Å². The van der Waals surface area contributed by atoms with Gasteiger partial charge in [-0.2, -0.15) is 10.1 Å². The number of carbonyl (C=O) groups is 2. The maximum absolute atomic E-state index is 13.8. The number of carbonyl (C=O) groups excluding carboxylic acids is 2. The van der Waals surface area contributed by atoms with Gasteiger partial charge in [0.1, 0.15) is 5.75 Å². The van der Waals surface area contributed by atoms with Gasteiger partial charge >= 0.3 is 0 Å². The second-order valence-corrected chi connectivity index (χ2v) is 8.15. The highest BCUT2D eigenvalue weighted by molar-refractivity contribution is 6.50. The van der Waals surface area contributed by atoms with Crippen LogP contribution in [0, 0.1) is 0 Å². The van der Waals surface area contributed by atoms with Gasteiger partial charge in [-0.1, -0.05) is 48.5 Å². The summed E-state index contributed by atoms with van der Waals surface area (Å²) < 4.78 is 5.37. The largest absolute Gasteiger partial charge is 0.496 e. The summed E-state index contributed by atoms with van der Waals surface area (Å²) in [6.45, 7) is 0. The van der Waals surface area contributed by atoms with Gasteiger partial charge in [0, 0.05) is 50.9 Å². The third-order valence-electron chi connectivity index (χ3n) is 6.23. The number of H-pyrrole nitrogens is 2. The molecular formula is C28H20N4O3. The van der Waals surface area contributed by atoms with Crippen molar-refractivity contribution < 1.29 is 14.3 Å². The number of methoxy groups -OCH3 is 1. The Morgan fingerprint density at radius 1 is 0.743 bits per heavy atom. The number of benzene rings is 3. The molecule has 0 unspecified atom stereocenters. The molecule has 0 aliphatic carbocycles. The number of para-hydroxylation sites is 3. The SMILES string of the molecule is COc1ccccc1C=NN1C(=O)C(c2c[nH]c3ccccc23)=C(c2c[nH]c3ccccc23)C1=O. The van der Waals surface area contributed by atoms with Crippen molar-refractivity contribution in [1.82, 2.24) is 15.0 Å². The van der Waals surface area contributed by atoms with Crippen LogP contribution in [0.2, 0.25) is 0 Å². The summed E-state index contributed by atoms with van der Waals surface area (Å²) in [6, 6.07) is 22.7. The van der Waals surface area contributed by atoms with Crippen LogP contribution in [0.1, 0.15) is 16.7 Å². The van der Waals surface area contributed by atoms with E-state index in [1.165, 1.54) is 6.21 Å². The zero-order valence-corrected chi connectivity index (χ0v) is 18.8. The standard InChI is InChI=1S/C28H20N4O3/c1-35-24-13-7-2-8-17(24)14-31-32-27(33)25(20-15-29-22-11-5-3-9-18(20)22)26(28(32)34)21-16-30-23-12-6-4-10-19(21)23/h2-16,29-30H,1H3. The first-order chi connectivity index (χ1) is 17.2. The van der Waals surface area contributed by atoms with E-state index in [-0.39, 0.29) is 0 Å². The Morgan fingerprint density at radius 2 is 1.26 bits per heavy atom. The molecule has 3 aromatic carbocycles. The molecule has 0 atom stereocenters. The van der Waals surface area contributed by atoms with Crippen LogP contribution in [0.15, 0.2) is 90.3 Å². The number of amides is 2. The molecule has 3 heterocycles.